The van der Waals surface area contributed by atoms with Crippen molar-refractivity contribution < 1.29 is 22.6 Å². The van der Waals surface area contributed by atoms with Crippen LogP contribution in [0.15, 0.2) is 70.6 Å². The Morgan fingerprint density at radius 1 is 0.879 bits per heavy atom. The number of halogens is 3. The van der Waals surface area contributed by atoms with Gasteiger partial charge in [0.25, 0.3) is 0 Å². The normalized spacial score (nSPS) is 13.5. The van der Waals surface area contributed by atoms with E-state index in [0.29, 0.717) is 29.4 Å². The number of hydrogen-bond acceptors (Lipinski definition) is 4. The molecule has 0 atom stereocenters. The van der Waals surface area contributed by atoms with E-state index in [1.165, 1.54) is 6.07 Å². The van der Waals surface area contributed by atoms with E-state index >= 15 is 0 Å². The maximum absolute atomic E-state index is 13.0. The van der Waals surface area contributed by atoms with Gasteiger partial charge in [0.1, 0.15) is 11.5 Å². The summed E-state index contributed by atoms with van der Waals surface area (Å²) in [4.78, 5) is 9.00. The van der Waals surface area contributed by atoms with Gasteiger partial charge in [-0.1, -0.05) is 36.4 Å². The Labute approximate surface area is 190 Å². The number of aryl methyl sites for hydroxylation is 1. The zero-order chi connectivity index (χ0) is 23.6. The topological polar surface area (TPSA) is 43.2 Å². The molecule has 3 aromatic rings. The van der Waals surface area contributed by atoms with Crippen LogP contribution in [0.3, 0.4) is 0 Å². The van der Waals surface area contributed by atoms with Crippen LogP contribution in [-0.2, 0) is 6.42 Å². The van der Waals surface area contributed by atoms with Gasteiger partial charge in [-0.15, -0.1) is 0 Å². The second-order valence-corrected chi connectivity index (χ2v) is 7.74. The quantitative estimate of drug-likeness (QED) is 0.458. The largest absolute Gasteiger partial charge is 0.497 e. The summed E-state index contributed by atoms with van der Waals surface area (Å²) < 4.78 is 49.7. The number of hydrogen-bond donors (Lipinski definition) is 0. The van der Waals surface area contributed by atoms with Crippen molar-refractivity contribution >= 4 is 11.5 Å². The molecule has 3 aromatic carbocycles. The molecule has 4 nitrogen and oxygen atoms in total. The van der Waals surface area contributed by atoms with E-state index in [9.17, 15) is 13.2 Å². The zero-order valence-corrected chi connectivity index (χ0v) is 18.5. The van der Waals surface area contributed by atoms with Crippen molar-refractivity contribution in [1.82, 2.24) is 0 Å². The molecule has 0 radical (unpaired) electrons. The van der Waals surface area contributed by atoms with Crippen molar-refractivity contribution in [3.05, 3.63) is 82.9 Å². The maximum atomic E-state index is 13.0. The molecule has 0 fully saturated rings. The van der Waals surface area contributed by atoms with Gasteiger partial charge in [-0.25, -0.2) is 4.99 Å². The lowest BCUT2D eigenvalue weighted by molar-refractivity contribution is -0.127. The Hall–Kier alpha value is -3.61. The van der Waals surface area contributed by atoms with Crippen LogP contribution >= 0.6 is 0 Å². The van der Waals surface area contributed by atoms with Crippen LogP contribution in [0.1, 0.15) is 22.3 Å². The third kappa shape index (κ3) is 4.92. The van der Waals surface area contributed by atoms with Gasteiger partial charge in [-0.3, -0.25) is 4.99 Å². The monoisotopic (exact) mass is 452 g/mol. The van der Waals surface area contributed by atoms with E-state index < -0.39 is 12.6 Å². The average Bonchev–Trinajstić information content (AvgIpc) is 3.28. The fraction of sp³-hybridized carbons (Fsp3) is 0.231. The van der Waals surface area contributed by atoms with E-state index in [-0.39, 0.29) is 5.56 Å². The Bertz CT molecular complexity index is 1250. The molecule has 0 bridgehead atoms. The molecule has 33 heavy (non-hydrogen) atoms. The number of methoxy groups -OCH3 is 2. The van der Waals surface area contributed by atoms with Crippen molar-refractivity contribution in [3.8, 4) is 22.6 Å². The first-order valence-corrected chi connectivity index (χ1v) is 10.4. The van der Waals surface area contributed by atoms with Gasteiger partial charge in [0.2, 0.25) is 0 Å². The van der Waals surface area contributed by atoms with Crippen LogP contribution in [0.4, 0.5) is 13.2 Å². The van der Waals surface area contributed by atoms with Gasteiger partial charge in [0.15, 0.2) is 5.84 Å². The standard InChI is InChI=1S/C26H23F3N2O2/c1-16-12-17(8-10-20(16)22-11-9-19(32-2)13-24(22)33-3)23-15-30-25(31-23)21-7-5-4-6-18(21)14-26(27,28)29/h4-13H,14-15H2,1-3H3. The highest BCUT2D eigenvalue weighted by Gasteiger charge is 2.30. The summed E-state index contributed by atoms with van der Waals surface area (Å²) in [6.45, 7) is 2.32. The van der Waals surface area contributed by atoms with E-state index in [0.717, 1.165) is 28.0 Å². The number of amidine groups is 1. The molecule has 4 rings (SSSR count). The third-order valence-electron chi connectivity index (χ3n) is 5.53. The van der Waals surface area contributed by atoms with Crippen LogP contribution in [0.2, 0.25) is 0 Å². The smallest absolute Gasteiger partial charge is 0.393 e. The highest BCUT2D eigenvalue weighted by Crippen LogP contribution is 2.35. The number of benzene rings is 3. The zero-order valence-electron chi connectivity index (χ0n) is 18.5. The molecular weight excluding hydrogens is 429 g/mol. The molecule has 0 unspecified atom stereocenters. The van der Waals surface area contributed by atoms with Crippen LogP contribution in [0.5, 0.6) is 11.5 Å². The first-order valence-electron chi connectivity index (χ1n) is 10.4. The first kappa shape index (κ1) is 22.6. The molecule has 0 saturated carbocycles. The lowest BCUT2D eigenvalue weighted by Crippen LogP contribution is -2.14. The molecule has 170 valence electrons. The fourth-order valence-electron chi connectivity index (χ4n) is 3.92. The van der Waals surface area contributed by atoms with Crippen LogP contribution in [0, 0.1) is 6.92 Å². The van der Waals surface area contributed by atoms with Crippen molar-refractivity contribution in [1.29, 1.82) is 0 Å². The lowest BCUT2D eigenvalue weighted by atomic mass is 9.96. The highest BCUT2D eigenvalue weighted by molar-refractivity contribution is 6.17. The number of aliphatic imine (C=N–C) groups is 2. The molecule has 1 aliphatic rings. The fourth-order valence-corrected chi connectivity index (χ4v) is 3.92. The molecule has 7 heteroatoms. The highest BCUT2D eigenvalue weighted by atomic mass is 19.4. The number of nitrogens with zero attached hydrogens (tertiary/aromatic N) is 2. The summed E-state index contributed by atoms with van der Waals surface area (Å²) in [6, 6.07) is 18.0. The summed E-state index contributed by atoms with van der Waals surface area (Å²) in [6.07, 6.45) is -5.30. The Balaban J connectivity index is 1.63. The lowest BCUT2D eigenvalue weighted by Gasteiger charge is -2.13. The molecule has 0 saturated heterocycles. The second kappa shape index (κ2) is 9.10. The molecule has 1 aliphatic heterocycles. The van der Waals surface area contributed by atoms with Gasteiger partial charge >= 0.3 is 6.18 Å². The van der Waals surface area contributed by atoms with Crippen LogP contribution in [0.25, 0.3) is 11.1 Å². The van der Waals surface area contributed by atoms with Crippen molar-refractivity contribution in [3.63, 3.8) is 0 Å². The minimum Gasteiger partial charge on any atom is -0.497 e. The SMILES string of the molecule is COc1ccc(-c2ccc(C3=NC(c4ccccc4CC(F)(F)F)=NC3)cc2C)c(OC)c1. The summed E-state index contributed by atoms with van der Waals surface area (Å²) in [5.74, 6) is 1.75. The van der Waals surface area contributed by atoms with Crippen LogP contribution < -0.4 is 9.47 Å². The summed E-state index contributed by atoms with van der Waals surface area (Å²) in [5, 5.41) is 0. The molecule has 0 N–H and O–H groups in total. The van der Waals surface area contributed by atoms with E-state index in [1.807, 2.05) is 43.3 Å². The molecule has 0 spiro atoms. The third-order valence-corrected chi connectivity index (χ3v) is 5.53. The Morgan fingerprint density at radius 3 is 2.33 bits per heavy atom. The Morgan fingerprint density at radius 2 is 1.64 bits per heavy atom. The maximum Gasteiger partial charge on any atom is 0.393 e. The second-order valence-electron chi connectivity index (χ2n) is 7.74. The number of alkyl halides is 3. The molecule has 1 heterocycles. The van der Waals surface area contributed by atoms with E-state index in [1.54, 1.807) is 32.4 Å². The number of rotatable bonds is 6. The van der Waals surface area contributed by atoms with E-state index in [2.05, 4.69) is 9.98 Å². The first-order chi connectivity index (χ1) is 15.8. The van der Waals surface area contributed by atoms with Gasteiger partial charge in [-0.2, -0.15) is 13.2 Å². The minimum absolute atomic E-state index is 0.173. The van der Waals surface area contributed by atoms with Crippen molar-refractivity contribution in [2.24, 2.45) is 9.98 Å². The van der Waals surface area contributed by atoms with Gasteiger partial charge in [0, 0.05) is 17.2 Å². The molecule has 0 amide bonds. The van der Waals surface area contributed by atoms with Crippen molar-refractivity contribution in [2.75, 3.05) is 20.8 Å². The molecule has 0 aliphatic carbocycles. The predicted molar refractivity (Wildman–Crippen MR) is 124 cm³/mol. The van der Waals surface area contributed by atoms with Crippen molar-refractivity contribution in [2.45, 2.75) is 19.5 Å². The van der Waals surface area contributed by atoms with Gasteiger partial charge in [0.05, 0.1) is 32.9 Å². The van der Waals surface area contributed by atoms with Gasteiger partial charge < -0.3 is 9.47 Å². The summed E-state index contributed by atoms with van der Waals surface area (Å²) >= 11 is 0. The average molecular weight is 452 g/mol. The van der Waals surface area contributed by atoms with Crippen LogP contribution in [-0.4, -0.2) is 38.5 Å². The Kier molecular flexibility index (Phi) is 6.22. The summed E-state index contributed by atoms with van der Waals surface area (Å²) in [5.41, 5.74) is 5.17. The minimum atomic E-state index is -4.29. The molecular formula is C26H23F3N2O2. The number of ether oxygens (including phenoxy) is 2. The van der Waals surface area contributed by atoms with E-state index in [4.69, 9.17) is 9.47 Å². The summed E-state index contributed by atoms with van der Waals surface area (Å²) in [7, 11) is 3.22. The molecule has 0 aromatic heterocycles. The van der Waals surface area contributed by atoms with Gasteiger partial charge in [-0.05, 0) is 47.4 Å². The predicted octanol–water partition coefficient (Wildman–Crippen LogP) is 6.03.